The van der Waals surface area contributed by atoms with Crippen LogP contribution in [0.2, 0.25) is 0 Å². The van der Waals surface area contributed by atoms with Gasteiger partial charge in [-0.1, -0.05) is 30.3 Å². The molecule has 1 aromatic rings. The number of hydrogen-bond acceptors (Lipinski definition) is 3. The molecule has 3 nitrogen and oxygen atoms in total. The summed E-state index contributed by atoms with van der Waals surface area (Å²) in [5.74, 6) is 0.925. The summed E-state index contributed by atoms with van der Waals surface area (Å²) in [6, 6.07) is 12.8. The number of nitrogens with one attached hydrogen (secondary N) is 1. The minimum absolute atomic E-state index is 0.507. The second-order valence-electron chi connectivity index (χ2n) is 6.85. The quantitative estimate of drug-likeness (QED) is 0.924. The Balaban J connectivity index is 1.55. The molecule has 0 radical (unpaired) electrons. The first-order valence-corrected chi connectivity index (χ1v) is 8.53. The smallest absolute Gasteiger partial charge is 0.0622 e. The molecule has 3 heteroatoms. The lowest BCUT2D eigenvalue weighted by atomic mass is 9.95. The number of nitrogens with zero attached hydrogens (tertiary/aromatic N) is 1. The van der Waals surface area contributed by atoms with Crippen LogP contribution in [0.5, 0.6) is 0 Å². The van der Waals surface area contributed by atoms with Crippen molar-refractivity contribution in [2.45, 2.75) is 43.8 Å². The van der Waals surface area contributed by atoms with Gasteiger partial charge >= 0.3 is 0 Å². The van der Waals surface area contributed by atoms with Gasteiger partial charge in [0.15, 0.2) is 0 Å². The molecule has 2 aliphatic heterocycles. The van der Waals surface area contributed by atoms with Crippen molar-refractivity contribution in [3.8, 4) is 0 Å². The molecule has 3 fully saturated rings. The van der Waals surface area contributed by atoms with Gasteiger partial charge in [-0.25, -0.2) is 0 Å². The van der Waals surface area contributed by atoms with Crippen LogP contribution in [0.1, 0.15) is 37.3 Å². The standard InChI is InChI=1S/C18H26N2O/c1-2-5-15(6-3-1)18-11-19-17(14-8-9-14)12-20(18)16-7-4-10-21-13-16/h1-3,5-6,14,16-19H,4,7-13H2. The van der Waals surface area contributed by atoms with Gasteiger partial charge in [-0.3, -0.25) is 4.90 Å². The third kappa shape index (κ3) is 3.01. The summed E-state index contributed by atoms with van der Waals surface area (Å²) in [5, 5.41) is 3.82. The Kier molecular flexibility index (Phi) is 3.97. The van der Waals surface area contributed by atoms with Crippen molar-refractivity contribution < 1.29 is 4.74 Å². The minimum atomic E-state index is 0.507. The molecule has 0 aromatic heterocycles. The molecule has 21 heavy (non-hydrogen) atoms. The molecule has 2 heterocycles. The molecule has 1 aromatic carbocycles. The number of benzene rings is 1. The first-order chi connectivity index (χ1) is 10.4. The zero-order valence-corrected chi connectivity index (χ0v) is 12.7. The maximum Gasteiger partial charge on any atom is 0.0622 e. The van der Waals surface area contributed by atoms with Gasteiger partial charge in [0.25, 0.3) is 0 Å². The minimum Gasteiger partial charge on any atom is -0.380 e. The van der Waals surface area contributed by atoms with E-state index in [0.717, 1.165) is 25.7 Å². The van der Waals surface area contributed by atoms with Crippen LogP contribution < -0.4 is 5.32 Å². The molecule has 114 valence electrons. The SMILES string of the molecule is c1ccc(C2CNC(C3CC3)CN2C2CCCOC2)cc1. The van der Waals surface area contributed by atoms with E-state index in [0.29, 0.717) is 18.1 Å². The van der Waals surface area contributed by atoms with Gasteiger partial charge in [0.2, 0.25) is 0 Å². The molecule has 1 N–H and O–H groups in total. The first-order valence-electron chi connectivity index (χ1n) is 8.53. The lowest BCUT2D eigenvalue weighted by Crippen LogP contribution is -2.57. The second-order valence-corrected chi connectivity index (χ2v) is 6.85. The molecule has 1 aliphatic carbocycles. The average molecular weight is 286 g/mol. The molecule has 0 amide bonds. The van der Waals surface area contributed by atoms with Crippen molar-refractivity contribution in [1.29, 1.82) is 0 Å². The van der Waals surface area contributed by atoms with Crippen LogP contribution in [0, 0.1) is 5.92 Å². The predicted octanol–water partition coefficient (Wildman–Crippen LogP) is 2.59. The van der Waals surface area contributed by atoms with E-state index in [4.69, 9.17) is 4.74 Å². The Morgan fingerprint density at radius 1 is 1.10 bits per heavy atom. The molecule has 3 atom stereocenters. The molecule has 3 aliphatic rings. The lowest BCUT2D eigenvalue weighted by Gasteiger charge is -2.46. The summed E-state index contributed by atoms with van der Waals surface area (Å²) in [4.78, 5) is 2.74. The second kappa shape index (κ2) is 6.07. The zero-order valence-electron chi connectivity index (χ0n) is 12.7. The van der Waals surface area contributed by atoms with E-state index in [-0.39, 0.29) is 0 Å². The summed E-state index contributed by atoms with van der Waals surface area (Å²) < 4.78 is 5.77. The van der Waals surface area contributed by atoms with E-state index in [1.807, 2.05) is 0 Å². The van der Waals surface area contributed by atoms with E-state index in [2.05, 4.69) is 40.5 Å². The topological polar surface area (TPSA) is 24.5 Å². The van der Waals surface area contributed by atoms with E-state index < -0.39 is 0 Å². The van der Waals surface area contributed by atoms with E-state index in [1.165, 1.54) is 37.8 Å². The van der Waals surface area contributed by atoms with Crippen molar-refractivity contribution in [2.75, 3.05) is 26.3 Å². The van der Waals surface area contributed by atoms with Gasteiger partial charge in [-0.15, -0.1) is 0 Å². The highest BCUT2D eigenvalue weighted by molar-refractivity contribution is 5.21. The maximum absolute atomic E-state index is 5.77. The van der Waals surface area contributed by atoms with Gasteiger partial charge in [0.05, 0.1) is 6.61 Å². The van der Waals surface area contributed by atoms with Crippen molar-refractivity contribution in [3.05, 3.63) is 35.9 Å². The molecule has 1 saturated carbocycles. The number of ether oxygens (including phenoxy) is 1. The van der Waals surface area contributed by atoms with Crippen LogP contribution in [0.4, 0.5) is 0 Å². The summed E-state index contributed by atoms with van der Waals surface area (Å²) >= 11 is 0. The Morgan fingerprint density at radius 2 is 1.95 bits per heavy atom. The number of piperazine rings is 1. The van der Waals surface area contributed by atoms with Crippen molar-refractivity contribution in [1.82, 2.24) is 10.2 Å². The highest BCUT2D eigenvalue weighted by Gasteiger charge is 2.40. The van der Waals surface area contributed by atoms with Crippen molar-refractivity contribution in [2.24, 2.45) is 5.92 Å². The molecule has 0 bridgehead atoms. The Hall–Kier alpha value is -0.900. The highest BCUT2D eigenvalue weighted by atomic mass is 16.5. The number of rotatable bonds is 3. The summed E-state index contributed by atoms with van der Waals surface area (Å²) in [5.41, 5.74) is 1.45. The summed E-state index contributed by atoms with van der Waals surface area (Å²) in [6.07, 6.45) is 5.34. The number of hydrogen-bond donors (Lipinski definition) is 1. The van der Waals surface area contributed by atoms with Crippen LogP contribution in [0.25, 0.3) is 0 Å². The largest absolute Gasteiger partial charge is 0.380 e. The lowest BCUT2D eigenvalue weighted by molar-refractivity contribution is -0.0178. The monoisotopic (exact) mass is 286 g/mol. The van der Waals surface area contributed by atoms with Gasteiger partial charge < -0.3 is 10.1 Å². The summed E-state index contributed by atoms with van der Waals surface area (Å²) in [7, 11) is 0. The van der Waals surface area contributed by atoms with Crippen LogP contribution in [0.15, 0.2) is 30.3 Å². The van der Waals surface area contributed by atoms with Crippen LogP contribution >= 0.6 is 0 Å². The van der Waals surface area contributed by atoms with Crippen LogP contribution in [0.3, 0.4) is 0 Å². The molecule has 0 spiro atoms. The first kappa shape index (κ1) is 13.7. The Bertz CT molecular complexity index is 454. The van der Waals surface area contributed by atoms with E-state index >= 15 is 0 Å². The predicted molar refractivity (Wildman–Crippen MR) is 84.2 cm³/mol. The molecular weight excluding hydrogens is 260 g/mol. The molecule has 2 saturated heterocycles. The third-order valence-corrected chi connectivity index (χ3v) is 5.36. The fraction of sp³-hybridized carbons (Fsp3) is 0.667. The van der Waals surface area contributed by atoms with Crippen molar-refractivity contribution in [3.63, 3.8) is 0 Å². The van der Waals surface area contributed by atoms with Gasteiger partial charge in [0.1, 0.15) is 0 Å². The van der Waals surface area contributed by atoms with Crippen LogP contribution in [-0.4, -0.2) is 43.3 Å². The zero-order chi connectivity index (χ0) is 14.1. The highest BCUT2D eigenvalue weighted by Crippen LogP contribution is 2.37. The Labute approximate surface area is 127 Å². The van der Waals surface area contributed by atoms with E-state index in [9.17, 15) is 0 Å². The average Bonchev–Trinajstić information content (AvgIpc) is 3.41. The van der Waals surface area contributed by atoms with Crippen molar-refractivity contribution >= 4 is 0 Å². The van der Waals surface area contributed by atoms with Gasteiger partial charge in [-0.05, 0) is 37.2 Å². The fourth-order valence-corrected chi connectivity index (χ4v) is 3.99. The van der Waals surface area contributed by atoms with E-state index in [1.54, 1.807) is 0 Å². The molecule has 4 rings (SSSR count). The van der Waals surface area contributed by atoms with Gasteiger partial charge in [0, 0.05) is 37.8 Å². The molecule has 3 unspecified atom stereocenters. The third-order valence-electron chi connectivity index (χ3n) is 5.36. The maximum atomic E-state index is 5.77. The Morgan fingerprint density at radius 3 is 2.67 bits per heavy atom. The molecular formula is C18H26N2O. The van der Waals surface area contributed by atoms with Gasteiger partial charge in [-0.2, -0.15) is 0 Å². The normalized spacial score (nSPS) is 34.8. The van der Waals surface area contributed by atoms with Crippen LogP contribution in [-0.2, 0) is 4.74 Å². The fourth-order valence-electron chi connectivity index (χ4n) is 3.99. The summed E-state index contributed by atoms with van der Waals surface area (Å²) in [6.45, 7) is 4.14.